The second-order valence-electron chi connectivity index (χ2n) is 13.6. The second kappa shape index (κ2) is 15.7. The SMILES string of the molecule is N#Cc1c(-c2ccc(-c3nc(-c4ccccn4)nc(-c4ccccn4)n3)cc2)c(-c2ccc(-c3nc(-c4ccccn4)nc(-c4ccccn4)n3)cc2)cc2ccccc12. The summed E-state index contributed by atoms with van der Waals surface area (Å²) in [7, 11) is 0. The average molecular weight is 772 g/mol. The molecule has 6 heterocycles. The van der Waals surface area contributed by atoms with Crippen molar-refractivity contribution in [3.8, 4) is 97.2 Å². The van der Waals surface area contributed by atoms with Crippen LogP contribution in [0.15, 0.2) is 176 Å². The first kappa shape index (κ1) is 35.6. The van der Waals surface area contributed by atoms with Crippen molar-refractivity contribution in [1.82, 2.24) is 49.8 Å². The highest BCUT2D eigenvalue weighted by molar-refractivity contribution is 6.02. The summed E-state index contributed by atoms with van der Waals surface area (Å²) >= 11 is 0. The molecular formula is C49H29N11. The summed E-state index contributed by atoms with van der Waals surface area (Å²) in [5.74, 6) is 2.74. The third-order valence-electron chi connectivity index (χ3n) is 9.89. The van der Waals surface area contributed by atoms with Gasteiger partial charge in [-0.2, -0.15) is 5.26 Å². The summed E-state index contributed by atoms with van der Waals surface area (Å²) in [5.41, 5.74) is 8.13. The van der Waals surface area contributed by atoms with Gasteiger partial charge in [-0.15, -0.1) is 0 Å². The third kappa shape index (κ3) is 6.97. The van der Waals surface area contributed by atoms with Crippen molar-refractivity contribution in [1.29, 1.82) is 5.26 Å². The second-order valence-corrected chi connectivity index (χ2v) is 13.6. The molecule has 0 radical (unpaired) electrons. The summed E-state index contributed by atoms with van der Waals surface area (Å²) in [6.45, 7) is 0. The highest BCUT2D eigenvalue weighted by Gasteiger charge is 2.20. The van der Waals surface area contributed by atoms with Crippen molar-refractivity contribution in [2.45, 2.75) is 0 Å². The standard InChI is InChI=1S/C49H29N11/c50-30-38-36-12-2-1-11-35(36)29-37(31-17-21-33(22-18-31)44-55-46(39-13-3-7-25-51-39)59-47(56-44)40-14-4-8-26-52-40)43(38)32-19-23-34(24-20-32)45-57-48(41-15-5-9-27-53-41)60-49(58-45)42-16-6-10-28-54-42/h1-29H. The molecule has 4 aromatic carbocycles. The van der Waals surface area contributed by atoms with E-state index in [0.29, 0.717) is 63.3 Å². The Hall–Kier alpha value is -8.75. The molecule has 0 N–H and O–H groups in total. The fourth-order valence-electron chi connectivity index (χ4n) is 7.02. The van der Waals surface area contributed by atoms with Gasteiger partial charge in [0.25, 0.3) is 0 Å². The molecule has 0 spiro atoms. The molecule has 60 heavy (non-hydrogen) atoms. The highest BCUT2D eigenvalue weighted by atomic mass is 15.1. The third-order valence-corrected chi connectivity index (χ3v) is 9.89. The predicted molar refractivity (Wildman–Crippen MR) is 230 cm³/mol. The number of hydrogen-bond donors (Lipinski definition) is 0. The minimum atomic E-state index is 0.440. The Bertz CT molecular complexity index is 3060. The number of nitrogens with zero attached hydrogens (tertiary/aromatic N) is 11. The molecule has 0 bridgehead atoms. The number of pyridine rings is 4. The maximum atomic E-state index is 10.8. The minimum Gasteiger partial charge on any atom is -0.253 e. The van der Waals surface area contributed by atoms with Crippen LogP contribution in [0.2, 0.25) is 0 Å². The summed E-state index contributed by atoms with van der Waals surface area (Å²) in [6, 6.07) is 51.1. The number of fused-ring (bicyclic) bond motifs is 1. The first-order valence-corrected chi connectivity index (χ1v) is 19.0. The zero-order chi connectivity index (χ0) is 40.3. The van der Waals surface area contributed by atoms with Crippen molar-refractivity contribution in [3.05, 3.63) is 182 Å². The topological polar surface area (TPSA) is 153 Å². The van der Waals surface area contributed by atoms with Gasteiger partial charge in [0.2, 0.25) is 0 Å². The van der Waals surface area contributed by atoms with E-state index in [1.165, 1.54) is 0 Å². The van der Waals surface area contributed by atoms with E-state index in [4.69, 9.17) is 29.9 Å². The van der Waals surface area contributed by atoms with Crippen LogP contribution in [0.4, 0.5) is 0 Å². The van der Waals surface area contributed by atoms with Crippen LogP contribution in [0, 0.1) is 11.3 Å². The maximum absolute atomic E-state index is 10.8. The molecule has 0 amide bonds. The van der Waals surface area contributed by atoms with Gasteiger partial charge in [0.1, 0.15) is 28.8 Å². The minimum absolute atomic E-state index is 0.440. The highest BCUT2D eigenvalue weighted by Crippen LogP contribution is 2.40. The van der Waals surface area contributed by atoms with Gasteiger partial charge in [-0.25, -0.2) is 29.9 Å². The largest absolute Gasteiger partial charge is 0.253 e. The molecule has 0 saturated carbocycles. The zero-order valence-electron chi connectivity index (χ0n) is 31.7. The number of benzene rings is 4. The van der Waals surface area contributed by atoms with E-state index < -0.39 is 0 Å². The van der Waals surface area contributed by atoms with E-state index in [0.717, 1.165) is 44.2 Å². The van der Waals surface area contributed by atoms with Crippen molar-refractivity contribution in [2.75, 3.05) is 0 Å². The lowest BCUT2D eigenvalue weighted by molar-refractivity contribution is 1.05. The summed E-state index contributed by atoms with van der Waals surface area (Å²) in [4.78, 5) is 46.8. The summed E-state index contributed by atoms with van der Waals surface area (Å²) in [5, 5.41) is 12.6. The predicted octanol–water partition coefficient (Wildman–Crippen LogP) is 10.00. The van der Waals surface area contributed by atoms with Crippen molar-refractivity contribution in [2.24, 2.45) is 0 Å². The Balaban J connectivity index is 1.07. The van der Waals surface area contributed by atoms with Gasteiger partial charge >= 0.3 is 0 Å². The van der Waals surface area contributed by atoms with E-state index in [-0.39, 0.29) is 0 Å². The molecule has 0 aliphatic heterocycles. The summed E-state index contributed by atoms with van der Waals surface area (Å²) < 4.78 is 0. The summed E-state index contributed by atoms with van der Waals surface area (Å²) in [6.07, 6.45) is 6.84. The molecule has 280 valence electrons. The van der Waals surface area contributed by atoms with Crippen LogP contribution in [0.5, 0.6) is 0 Å². The molecule has 0 atom stereocenters. The van der Waals surface area contributed by atoms with Crippen LogP contribution in [0.25, 0.3) is 102 Å². The first-order chi connectivity index (χ1) is 29.7. The van der Waals surface area contributed by atoms with Crippen molar-refractivity contribution < 1.29 is 0 Å². The van der Waals surface area contributed by atoms with Crippen LogP contribution >= 0.6 is 0 Å². The smallest absolute Gasteiger partial charge is 0.182 e. The quantitative estimate of drug-likeness (QED) is 0.145. The fraction of sp³-hybridized carbons (Fsp3) is 0. The Morgan fingerprint density at radius 2 is 0.717 bits per heavy atom. The Kier molecular flexibility index (Phi) is 9.30. The van der Waals surface area contributed by atoms with E-state index in [9.17, 15) is 5.26 Å². The van der Waals surface area contributed by atoms with Crippen LogP contribution in [0.1, 0.15) is 5.56 Å². The molecule has 6 aromatic heterocycles. The number of hydrogen-bond acceptors (Lipinski definition) is 11. The number of rotatable bonds is 8. The van der Waals surface area contributed by atoms with Gasteiger partial charge in [0.05, 0.1) is 5.56 Å². The van der Waals surface area contributed by atoms with Gasteiger partial charge in [-0.1, -0.05) is 97.1 Å². The first-order valence-electron chi connectivity index (χ1n) is 19.0. The van der Waals surface area contributed by atoms with Crippen LogP contribution < -0.4 is 0 Å². The molecule has 0 unspecified atom stereocenters. The van der Waals surface area contributed by atoms with Gasteiger partial charge < -0.3 is 0 Å². The Morgan fingerprint density at radius 3 is 1.12 bits per heavy atom. The van der Waals surface area contributed by atoms with Crippen LogP contribution in [-0.4, -0.2) is 49.8 Å². The normalized spacial score (nSPS) is 11.0. The molecule has 0 fully saturated rings. The Labute approximate surface area is 344 Å². The van der Waals surface area contributed by atoms with Gasteiger partial charge in [-0.3, -0.25) is 19.9 Å². The number of aromatic nitrogens is 10. The molecule has 0 saturated heterocycles. The lowest BCUT2D eigenvalue weighted by atomic mass is 9.86. The monoisotopic (exact) mass is 771 g/mol. The average Bonchev–Trinajstić information content (AvgIpc) is 3.34. The fourth-order valence-corrected chi connectivity index (χ4v) is 7.02. The van der Waals surface area contributed by atoms with Gasteiger partial charge in [0.15, 0.2) is 34.9 Å². The molecule has 11 heteroatoms. The molecule has 10 rings (SSSR count). The molecule has 0 aliphatic rings. The van der Waals surface area contributed by atoms with E-state index >= 15 is 0 Å². The maximum Gasteiger partial charge on any atom is 0.182 e. The lowest BCUT2D eigenvalue weighted by Crippen LogP contribution is -2.02. The number of nitriles is 1. The Morgan fingerprint density at radius 1 is 0.350 bits per heavy atom. The molecule has 0 aliphatic carbocycles. The van der Waals surface area contributed by atoms with Gasteiger partial charge in [-0.05, 0) is 76.7 Å². The lowest BCUT2D eigenvalue weighted by Gasteiger charge is -2.16. The molecule has 10 aromatic rings. The van der Waals surface area contributed by atoms with E-state index in [1.807, 2.05) is 146 Å². The zero-order valence-corrected chi connectivity index (χ0v) is 31.7. The molecule has 11 nitrogen and oxygen atoms in total. The van der Waals surface area contributed by atoms with Crippen molar-refractivity contribution in [3.63, 3.8) is 0 Å². The van der Waals surface area contributed by atoms with Crippen LogP contribution in [0.3, 0.4) is 0 Å². The van der Waals surface area contributed by atoms with E-state index in [1.54, 1.807) is 24.8 Å². The van der Waals surface area contributed by atoms with Crippen LogP contribution in [-0.2, 0) is 0 Å². The van der Waals surface area contributed by atoms with Crippen molar-refractivity contribution >= 4 is 10.8 Å². The molecular weight excluding hydrogens is 743 g/mol. The van der Waals surface area contributed by atoms with E-state index in [2.05, 4.69) is 32.1 Å². The van der Waals surface area contributed by atoms with Gasteiger partial charge in [0, 0.05) is 46.9 Å².